The molecule has 0 N–H and O–H groups in total. The first-order valence-electron chi connectivity index (χ1n) is 7.20. The van der Waals surface area contributed by atoms with Gasteiger partial charge < -0.3 is 4.90 Å². The zero-order chi connectivity index (χ0) is 17.3. The van der Waals surface area contributed by atoms with E-state index in [-0.39, 0.29) is 17.8 Å². The van der Waals surface area contributed by atoms with Gasteiger partial charge in [-0.05, 0) is 24.6 Å². The number of halogens is 3. The van der Waals surface area contributed by atoms with Gasteiger partial charge in [0, 0.05) is 6.20 Å². The van der Waals surface area contributed by atoms with E-state index in [1.165, 1.54) is 23.9 Å². The Labute approximate surface area is 141 Å². The van der Waals surface area contributed by atoms with Gasteiger partial charge in [0.2, 0.25) is 5.91 Å². The summed E-state index contributed by atoms with van der Waals surface area (Å²) in [6, 6.07) is 4.94. The topological polar surface area (TPSA) is 46.1 Å². The summed E-state index contributed by atoms with van der Waals surface area (Å²) >= 11 is 1.39. The quantitative estimate of drug-likeness (QED) is 0.846. The van der Waals surface area contributed by atoms with Crippen LogP contribution in [0.25, 0.3) is 0 Å². The summed E-state index contributed by atoms with van der Waals surface area (Å²) in [5.74, 6) is 0.234. The van der Waals surface area contributed by atoms with E-state index >= 15 is 0 Å². The summed E-state index contributed by atoms with van der Waals surface area (Å²) in [6.45, 7) is 2.10. The summed E-state index contributed by atoms with van der Waals surface area (Å²) in [7, 11) is 0. The maximum absolute atomic E-state index is 12.7. The molecule has 2 heterocycles. The number of carbonyl (C=O) groups is 1. The van der Waals surface area contributed by atoms with Crippen LogP contribution in [0.2, 0.25) is 0 Å². The zero-order valence-corrected chi connectivity index (χ0v) is 13.6. The van der Waals surface area contributed by atoms with Gasteiger partial charge in [-0.25, -0.2) is 0 Å². The van der Waals surface area contributed by atoms with Gasteiger partial charge in [-0.3, -0.25) is 14.8 Å². The summed E-state index contributed by atoms with van der Waals surface area (Å²) in [6.07, 6.45) is -1.14. The van der Waals surface area contributed by atoms with Crippen molar-refractivity contribution in [3.63, 3.8) is 0 Å². The lowest BCUT2D eigenvalue weighted by Gasteiger charge is -2.24. The van der Waals surface area contributed by atoms with Gasteiger partial charge in [0.25, 0.3) is 0 Å². The molecule has 0 radical (unpaired) electrons. The maximum Gasteiger partial charge on any atom is 0.416 e. The first-order chi connectivity index (χ1) is 11.3. The molecule has 1 aromatic carbocycles. The average Bonchev–Trinajstić information content (AvgIpc) is 2.90. The Bertz CT molecular complexity index is 732. The highest BCUT2D eigenvalue weighted by atomic mass is 32.2. The van der Waals surface area contributed by atoms with Crippen molar-refractivity contribution in [2.24, 2.45) is 0 Å². The van der Waals surface area contributed by atoms with Crippen molar-refractivity contribution in [1.82, 2.24) is 14.9 Å². The molecule has 1 aliphatic heterocycles. The molecule has 126 valence electrons. The zero-order valence-electron chi connectivity index (χ0n) is 12.7. The van der Waals surface area contributed by atoms with E-state index < -0.39 is 11.7 Å². The standard InChI is InChI=1S/C16H14F3N3OS/c1-10-6-21-13(7-20-10)8-22-14(23)9-24-15(22)11-2-4-12(5-3-11)16(17,18)19/h2-7,15H,8-9H2,1H3. The number of hydrogen-bond acceptors (Lipinski definition) is 4. The van der Waals surface area contributed by atoms with Crippen LogP contribution in [0, 0.1) is 6.92 Å². The van der Waals surface area contributed by atoms with Crippen LogP contribution in [0.1, 0.15) is 27.9 Å². The number of carbonyl (C=O) groups excluding carboxylic acids is 1. The van der Waals surface area contributed by atoms with Crippen molar-refractivity contribution in [3.05, 3.63) is 59.2 Å². The van der Waals surface area contributed by atoms with E-state index in [4.69, 9.17) is 0 Å². The number of nitrogens with zero attached hydrogens (tertiary/aromatic N) is 3. The Morgan fingerprint density at radius 3 is 2.50 bits per heavy atom. The Kier molecular flexibility index (Phi) is 4.49. The molecule has 1 atom stereocenters. The van der Waals surface area contributed by atoms with Gasteiger partial charge in [0.1, 0.15) is 5.37 Å². The first-order valence-corrected chi connectivity index (χ1v) is 8.25. The molecule has 2 aromatic rings. The summed E-state index contributed by atoms with van der Waals surface area (Å²) in [5.41, 5.74) is 1.39. The van der Waals surface area contributed by atoms with Crippen LogP contribution in [-0.4, -0.2) is 26.5 Å². The van der Waals surface area contributed by atoms with E-state index in [9.17, 15) is 18.0 Å². The van der Waals surface area contributed by atoms with E-state index in [0.29, 0.717) is 17.0 Å². The Hall–Kier alpha value is -2.09. The second-order valence-electron chi connectivity index (χ2n) is 5.45. The molecular weight excluding hydrogens is 339 g/mol. The van der Waals surface area contributed by atoms with Crippen LogP contribution >= 0.6 is 11.8 Å². The van der Waals surface area contributed by atoms with Crippen LogP contribution in [0.15, 0.2) is 36.7 Å². The number of aryl methyl sites for hydroxylation is 1. The third-order valence-corrected chi connectivity index (χ3v) is 4.91. The van der Waals surface area contributed by atoms with Crippen LogP contribution in [0.5, 0.6) is 0 Å². The highest BCUT2D eigenvalue weighted by Crippen LogP contribution is 2.40. The third kappa shape index (κ3) is 3.53. The minimum atomic E-state index is -4.37. The van der Waals surface area contributed by atoms with Crippen molar-refractivity contribution in [2.75, 3.05) is 5.75 Å². The fourth-order valence-corrected chi connectivity index (χ4v) is 3.60. The van der Waals surface area contributed by atoms with E-state index in [1.54, 1.807) is 17.3 Å². The largest absolute Gasteiger partial charge is 0.416 e. The predicted octanol–water partition coefficient (Wildman–Crippen LogP) is 3.58. The molecule has 1 fully saturated rings. The van der Waals surface area contributed by atoms with Crippen molar-refractivity contribution in [1.29, 1.82) is 0 Å². The van der Waals surface area contributed by atoms with Crippen molar-refractivity contribution < 1.29 is 18.0 Å². The normalized spacial score (nSPS) is 18.2. The minimum Gasteiger partial charge on any atom is -0.320 e. The fraction of sp³-hybridized carbons (Fsp3) is 0.312. The number of aromatic nitrogens is 2. The molecule has 0 aliphatic carbocycles. The highest BCUT2D eigenvalue weighted by molar-refractivity contribution is 8.00. The number of alkyl halides is 3. The summed E-state index contributed by atoms with van der Waals surface area (Å²) in [4.78, 5) is 22.1. The highest BCUT2D eigenvalue weighted by Gasteiger charge is 2.34. The number of amides is 1. The SMILES string of the molecule is Cc1cnc(CN2C(=O)CSC2c2ccc(C(F)(F)F)cc2)cn1. The summed E-state index contributed by atoms with van der Waals surface area (Å²) in [5, 5.41) is -0.317. The van der Waals surface area contributed by atoms with Crippen LogP contribution in [0.4, 0.5) is 13.2 Å². The van der Waals surface area contributed by atoms with Crippen LogP contribution in [0.3, 0.4) is 0 Å². The van der Waals surface area contributed by atoms with E-state index in [0.717, 1.165) is 17.8 Å². The molecule has 1 aliphatic rings. The van der Waals surface area contributed by atoms with Crippen molar-refractivity contribution >= 4 is 17.7 Å². The molecular formula is C16H14F3N3OS. The molecule has 1 saturated heterocycles. The van der Waals surface area contributed by atoms with Gasteiger partial charge in [0.05, 0.1) is 35.4 Å². The smallest absolute Gasteiger partial charge is 0.320 e. The molecule has 24 heavy (non-hydrogen) atoms. The van der Waals surface area contributed by atoms with Crippen LogP contribution in [-0.2, 0) is 17.5 Å². The van der Waals surface area contributed by atoms with Gasteiger partial charge in [-0.15, -0.1) is 11.8 Å². The van der Waals surface area contributed by atoms with Gasteiger partial charge in [0.15, 0.2) is 0 Å². The Morgan fingerprint density at radius 1 is 1.21 bits per heavy atom. The maximum atomic E-state index is 12.7. The number of benzene rings is 1. The molecule has 0 spiro atoms. The molecule has 1 aromatic heterocycles. The molecule has 0 saturated carbocycles. The predicted molar refractivity (Wildman–Crippen MR) is 84.0 cm³/mol. The molecule has 1 amide bonds. The van der Waals surface area contributed by atoms with Crippen LogP contribution < -0.4 is 0 Å². The third-order valence-electron chi connectivity index (χ3n) is 3.66. The summed E-state index contributed by atoms with van der Waals surface area (Å²) < 4.78 is 38.0. The number of rotatable bonds is 3. The van der Waals surface area contributed by atoms with E-state index in [1.807, 2.05) is 6.92 Å². The van der Waals surface area contributed by atoms with Gasteiger partial charge in [-0.1, -0.05) is 12.1 Å². The monoisotopic (exact) mass is 353 g/mol. The lowest BCUT2D eigenvalue weighted by Crippen LogP contribution is -2.28. The molecule has 4 nitrogen and oxygen atoms in total. The van der Waals surface area contributed by atoms with Gasteiger partial charge >= 0.3 is 6.18 Å². The molecule has 3 rings (SSSR count). The Morgan fingerprint density at radius 2 is 1.92 bits per heavy atom. The fourth-order valence-electron chi connectivity index (χ4n) is 2.41. The Balaban J connectivity index is 1.81. The lowest BCUT2D eigenvalue weighted by molar-refractivity contribution is -0.137. The number of hydrogen-bond donors (Lipinski definition) is 0. The van der Waals surface area contributed by atoms with Crippen molar-refractivity contribution in [2.45, 2.75) is 25.0 Å². The lowest BCUT2D eigenvalue weighted by atomic mass is 10.1. The van der Waals surface area contributed by atoms with Crippen molar-refractivity contribution in [3.8, 4) is 0 Å². The van der Waals surface area contributed by atoms with E-state index in [2.05, 4.69) is 9.97 Å². The average molecular weight is 353 g/mol. The first kappa shape index (κ1) is 16.8. The minimum absolute atomic E-state index is 0.0627. The molecule has 8 heteroatoms. The molecule has 1 unspecified atom stereocenters. The second kappa shape index (κ2) is 6.43. The van der Waals surface area contributed by atoms with Gasteiger partial charge in [-0.2, -0.15) is 13.2 Å². The second-order valence-corrected chi connectivity index (χ2v) is 6.52. The number of thioether (sulfide) groups is 1. The molecule has 0 bridgehead atoms.